The first-order chi connectivity index (χ1) is 17.3. The van der Waals surface area contributed by atoms with E-state index >= 15 is 0 Å². The number of aryl methyl sites for hydroxylation is 2. The number of carbonyl (C=O) groups excluding carboxylic acids is 2. The summed E-state index contributed by atoms with van der Waals surface area (Å²) >= 11 is 0. The van der Waals surface area contributed by atoms with E-state index in [2.05, 4.69) is 0 Å². The topological polar surface area (TPSA) is 122 Å². The molecule has 0 radical (unpaired) electrons. The van der Waals surface area contributed by atoms with Gasteiger partial charge in [-0.3, -0.25) is 4.18 Å². The van der Waals surface area contributed by atoms with Crippen molar-refractivity contribution in [3.63, 3.8) is 0 Å². The van der Waals surface area contributed by atoms with Crippen molar-refractivity contribution in [2.75, 3.05) is 6.26 Å². The minimum Gasteiger partial charge on any atom is -0.419 e. The number of rotatable bonds is 9. The van der Waals surface area contributed by atoms with Crippen molar-refractivity contribution in [1.29, 1.82) is 0 Å². The lowest BCUT2D eigenvalue weighted by Gasteiger charge is -2.26. The molecule has 0 fully saturated rings. The fourth-order valence-corrected chi connectivity index (χ4v) is 4.06. The molecule has 3 aromatic carbocycles. The number of nitrogens with two attached hydrogens (primary N) is 1. The first kappa shape index (κ1) is 28.0. The lowest BCUT2D eigenvalue weighted by atomic mass is 9.94. The van der Waals surface area contributed by atoms with E-state index in [0.29, 0.717) is 11.1 Å². The highest BCUT2D eigenvalue weighted by Crippen LogP contribution is 2.35. The lowest BCUT2D eigenvalue weighted by Crippen LogP contribution is -2.36. The molecule has 2 unspecified atom stereocenters. The minimum absolute atomic E-state index is 0.0222. The molecule has 0 amide bonds. The Kier molecular flexibility index (Phi) is 8.85. The van der Waals surface area contributed by atoms with Crippen molar-refractivity contribution < 1.29 is 31.7 Å². The maximum Gasteiger partial charge on any atom is 0.343 e. The third kappa shape index (κ3) is 7.72. The maximum atomic E-state index is 12.9. The second-order valence-corrected chi connectivity index (χ2v) is 10.9. The van der Waals surface area contributed by atoms with Gasteiger partial charge in [-0.05, 0) is 61.7 Å². The van der Waals surface area contributed by atoms with Crippen LogP contribution in [0.25, 0.3) is 0 Å². The van der Waals surface area contributed by atoms with Gasteiger partial charge >= 0.3 is 11.9 Å². The third-order valence-electron chi connectivity index (χ3n) is 5.67. The third-order valence-corrected chi connectivity index (χ3v) is 6.23. The Morgan fingerprint density at radius 2 is 1.22 bits per heavy atom. The van der Waals surface area contributed by atoms with Crippen molar-refractivity contribution in [2.45, 2.75) is 39.8 Å². The molecule has 2 N–H and O–H groups in total. The number of carbonyl (C=O) groups is 2. The molecule has 0 aliphatic carbocycles. The molecule has 0 heterocycles. The van der Waals surface area contributed by atoms with Gasteiger partial charge in [0.2, 0.25) is 0 Å². The predicted molar refractivity (Wildman–Crippen MR) is 140 cm³/mol. The molecule has 0 aliphatic heterocycles. The van der Waals surface area contributed by atoms with Crippen molar-refractivity contribution in [2.24, 2.45) is 11.7 Å². The molecule has 0 bridgehead atoms. The van der Waals surface area contributed by atoms with Gasteiger partial charge in [0.05, 0.1) is 17.4 Å². The summed E-state index contributed by atoms with van der Waals surface area (Å²) in [7, 11) is -3.87. The summed E-state index contributed by atoms with van der Waals surface area (Å²) in [5.41, 5.74) is 9.17. The number of esters is 2. The summed E-state index contributed by atoms with van der Waals surface area (Å²) in [6, 6.07) is 17.2. The lowest BCUT2D eigenvalue weighted by molar-refractivity contribution is 0.0681. The molecule has 0 spiro atoms. The SMILES string of the molecule is Cc1ccc(C(=O)Oc2ccc(C(OS(C)(=O)=O)C(N)C(C)C)cc2OC(=O)c2ccc(C)cc2)cc1. The highest BCUT2D eigenvalue weighted by Gasteiger charge is 2.29. The molecule has 196 valence electrons. The van der Waals surface area contributed by atoms with Gasteiger partial charge in [0.25, 0.3) is 10.1 Å². The van der Waals surface area contributed by atoms with E-state index < -0.39 is 34.2 Å². The van der Waals surface area contributed by atoms with E-state index in [0.717, 1.165) is 17.4 Å². The van der Waals surface area contributed by atoms with Crippen molar-refractivity contribution >= 4 is 22.1 Å². The Hall–Kier alpha value is -3.53. The highest BCUT2D eigenvalue weighted by atomic mass is 32.2. The minimum atomic E-state index is -3.87. The number of ether oxygens (including phenoxy) is 2. The monoisotopic (exact) mass is 525 g/mol. The quantitative estimate of drug-likeness (QED) is 0.241. The van der Waals surface area contributed by atoms with Crippen LogP contribution in [0.15, 0.2) is 66.7 Å². The van der Waals surface area contributed by atoms with E-state index in [4.69, 9.17) is 19.4 Å². The van der Waals surface area contributed by atoms with Crippen LogP contribution in [-0.2, 0) is 14.3 Å². The Balaban J connectivity index is 2.03. The van der Waals surface area contributed by atoms with Crippen LogP contribution in [0.3, 0.4) is 0 Å². The zero-order valence-electron chi connectivity index (χ0n) is 21.4. The molecular formula is C28H31NO7S. The summed E-state index contributed by atoms with van der Waals surface area (Å²) in [4.78, 5) is 25.7. The van der Waals surface area contributed by atoms with Gasteiger partial charge in [0.15, 0.2) is 11.5 Å². The fourth-order valence-electron chi connectivity index (χ4n) is 3.44. The molecule has 37 heavy (non-hydrogen) atoms. The number of benzene rings is 3. The molecule has 2 atom stereocenters. The summed E-state index contributed by atoms with van der Waals surface area (Å²) in [6.07, 6.45) is -0.128. The van der Waals surface area contributed by atoms with E-state index in [1.807, 2.05) is 27.7 Å². The summed E-state index contributed by atoms with van der Waals surface area (Å²) < 4.78 is 40.5. The molecule has 8 nitrogen and oxygen atoms in total. The van der Waals surface area contributed by atoms with Gasteiger partial charge in [-0.15, -0.1) is 0 Å². The fraction of sp³-hybridized carbons (Fsp3) is 0.286. The Labute approximate surface area is 217 Å². The van der Waals surface area contributed by atoms with E-state index in [1.54, 1.807) is 48.5 Å². The number of hydrogen-bond donors (Lipinski definition) is 1. The van der Waals surface area contributed by atoms with Crippen molar-refractivity contribution in [3.8, 4) is 11.5 Å². The maximum absolute atomic E-state index is 12.9. The average Bonchev–Trinajstić information content (AvgIpc) is 2.83. The van der Waals surface area contributed by atoms with Crippen LogP contribution >= 0.6 is 0 Å². The van der Waals surface area contributed by atoms with E-state index in [9.17, 15) is 18.0 Å². The number of hydrogen-bond acceptors (Lipinski definition) is 8. The summed E-state index contributed by atoms with van der Waals surface area (Å²) in [5, 5.41) is 0. The first-order valence-corrected chi connectivity index (χ1v) is 13.5. The molecule has 3 rings (SSSR count). The van der Waals surface area contributed by atoms with Crippen molar-refractivity contribution in [1.82, 2.24) is 0 Å². The van der Waals surface area contributed by atoms with E-state index in [-0.39, 0.29) is 23.0 Å². The predicted octanol–water partition coefficient (Wildman–Crippen LogP) is 4.74. The largest absolute Gasteiger partial charge is 0.419 e. The van der Waals surface area contributed by atoms with Crippen LogP contribution in [-0.4, -0.2) is 32.7 Å². The smallest absolute Gasteiger partial charge is 0.343 e. The van der Waals surface area contributed by atoms with Crippen LogP contribution in [0.5, 0.6) is 11.5 Å². The summed E-state index contributed by atoms with van der Waals surface area (Å²) in [6.45, 7) is 7.45. The van der Waals surface area contributed by atoms with Gasteiger partial charge in [-0.25, -0.2) is 9.59 Å². The molecule has 0 saturated heterocycles. The second kappa shape index (κ2) is 11.7. The Morgan fingerprint density at radius 1 is 0.757 bits per heavy atom. The highest BCUT2D eigenvalue weighted by molar-refractivity contribution is 7.86. The van der Waals surface area contributed by atoms with Crippen LogP contribution in [0.2, 0.25) is 0 Å². The molecule has 9 heteroatoms. The van der Waals surface area contributed by atoms with Gasteiger partial charge in [0, 0.05) is 6.04 Å². The molecule has 0 saturated carbocycles. The van der Waals surface area contributed by atoms with Crippen LogP contribution in [0.1, 0.15) is 57.4 Å². The Morgan fingerprint density at radius 3 is 1.65 bits per heavy atom. The van der Waals surface area contributed by atoms with Gasteiger partial charge in [-0.1, -0.05) is 55.3 Å². The van der Waals surface area contributed by atoms with Gasteiger partial charge in [-0.2, -0.15) is 8.42 Å². The van der Waals surface area contributed by atoms with Gasteiger partial charge < -0.3 is 15.2 Å². The zero-order valence-corrected chi connectivity index (χ0v) is 22.2. The second-order valence-electron chi connectivity index (χ2n) is 9.26. The molecular weight excluding hydrogens is 494 g/mol. The first-order valence-electron chi connectivity index (χ1n) is 11.7. The molecule has 0 aliphatic rings. The normalized spacial score (nSPS) is 13.2. The Bertz CT molecular complexity index is 1360. The zero-order chi connectivity index (χ0) is 27.3. The standard InChI is InChI=1S/C28H31NO7S/c1-17(2)25(29)26(36-37(5,32)33)22-14-15-23(34-27(30)20-10-6-18(3)7-11-20)24(16-22)35-28(31)21-12-8-19(4)9-13-21/h6-17,25-26H,29H2,1-5H3. The van der Waals surface area contributed by atoms with Crippen LogP contribution < -0.4 is 15.2 Å². The molecule has 3 aromatic rings. The summed E-state index contributed by atoms with van der Waals surface area (Å²) in [5.74, 6) is -1.57. The van der Waals surface area contributed by atoms with Crippen molar-refractivity contribution in [3.05, 3.63) is 94.5 Å². The van der Waals surface area contributed by atoms with Crippen LogP contribution in [0, 0.1) is 19.8 Å². The van der Waals surface area contributed by atoms with Crippen LogP contribution in [0.4, 0.5) is 0 Å². The van der Waals surface area contributed by atoms with E-state index in [1.165, 1.54) is 18.2 Å². The van der Waals surface area contributed by atoms with Gasteiger partial charge in [0.1, 0.15) is 6.10 Å². The average molecular weight is 526 g/mol. The molecule has 0 aromatic heterocycles.